The highest BCUT2D eigenvalue weighted by Gasteiger charge is 2.25. The Morgan fingerprint density at radius 2 is 1.58 bits per heavy atom. The molecular formula is C22H32ClN5O3. The number of piperazine rings is 1. The molecule has 1 aromatic rings. The van der Waals surface area contributed by atoms with E-state index in [1.165, 1.54) is 6.42 Å². The van der Waals surface area contributed by atoms with E-state index in [1.54, 1.807) is 12.1 Å². The molecule has 1 saturated carbocycles. The van der Waals surface area contributed by atoms with Gasteiger partial charge in [0.15, 0.2) is 0 Å². The van der Waals surface area contributed by atoms with Crippen molar-refractivity contribution in [3.8, 4) is 0 Å². The molecule has 0 unspecified atom stereocenters. The molecule has 9 heteroatoms. The molecule has 2 aliphatic rings. The molecule has 0 spiro atoms. The lowest BCUT2D eigenvalue weighted by Gasteiger charge is -2.34. The fraction of sp³-hybridized carbons (Fsp3) is 0.591. The van der Waals surface area contributed by atoms with E-state index in [1.807, 2.05) is 21.9 Å². The molecule has 0 radical (unpaired) electrons. The average Bonchev–Trinajstić information content (AvgIpc) is 2.73. The van der Waals surface area contributed by atoms with Crippen molar-refractivity contribution in [1.82, 2.24) is 20.4 Å². The van der Waals surface area contributed by atoms with Crippen LogP contribution in [0.3, 0.4) is 0 Å². The Bertz CT molecular complexity index is 782. The predicted octanol–water partition coefficient (Wildman–Crippen LogP) is 2.30. The number of amides is 4. The predicted molar refractivity (Wildman–Crippen MR) is 121 cm³/mol. The summed E-state index contributed by atoms with van der Waals surface area (Å²) in [5.74, 6) is 0.0246. The maximum Gasteiger partial charge on any atom is 0.321 e. The van der Waals surface area contributed by atoms with E-state index in [4.69, 9.17) is 11.6 Å². The van der Waals surface area contributed by atoms with Crippen LogP contribution in [0.4, 0.5) is 10.5 Å². The Balaban J connectivity index is 1.34. The van der Waals surface area contributed by atoms with E-state index in [2.05, 4.69) is 22.9 Å². The second-order valence-electron chi connectivity index (χ2n) is 8.47. The van der Waals surface area contributed by atoms with Crippen molar-refractivity contribution < 1.29 is 14.4 Å². The van der Waals surface area contributed by atoms with E-state index >= 15 is 0 Å². The molecule has 4 amide bonds. The van der Waals surface area contributed by atoms with Gasteiger partial charge < -0.3 is 10.6 Å². The van der Waals surface area contributed by atoms with Gasteiger partial charge in [-0.2, -0.15) is 0 Å². The van der Waals surface area contributed by atoms with Gasteiger partial charge in [0.05, 0.1) is 23.8 Å². The maximum atomic E-state index is 12.3. The zero-order valence-corrected chi connectivity index (χ0v) is 18.8. The topological polar surface area (TPSA) is 93.8 Å². The third-order valence-electron chi connectivity index (χ3n) is 6.03. The Hall–Kier alpha value is -2.16. The number of halogens is 1. The van der Waals surface area contributed by atoms with Gasteiger partial charge in [0, 0.05) is 32.2 Å². The zero-order valence-electron chi connectivity index (χ0n) is 18.0. The van der Waals surface area contributed by atoms with Crippen molar-refractivity contribution in [2.75, 3.05) is 44.6 Å². The monoisotopic (exact) mass is 449 g/mol. The fourth-order valence-electron chi connectivity index (χ4n) is 4.17. The van der Waals surface area contributed by atoms with Gasteiger partial charge >= 0.3 is 6.03 Å². The highest BCUT2D eigenvalue weighted by Crippen LogP contribution is 2.23. The standard InChI is InChI=1S/C22H32ClN5O3/c1-16-6-2-4-8-18(16)25-22(31)26-21(30)15-28-12-10-27(11-13-28)14-20(29)24-19-9-5-3-7-17(19)23/h3,5,7,9,16,18H,2,4,6,8,10-15H2,1H3,(H,24,29)(H2,25,26,30,31)/t16-,18-/m1/s1. The molecule has 1 aromatic carbocycles. The third kappa shape index (κ3) is 7.48. The van der Waals surface area contributed by atoms with Gasteiger partial charge in [0.25, 0.3) is 0 Å². The van der Waals surface area contributed by atoms with Gasteiger partial charge in [-0.3, -0.25) is 24.7 Å². The van der Waals surface area contributed by atoms with Crippen molar-refractivity contribution in [2.45, 2.75) is 38.6 Å². The van der Waals surface area contributed by atoms with Gasteiger partial charge in [-0.05, 0) is 30.9 Å². The molecule has 3 N–H and O–H groups in total. The summed E-state index contributed by atoms with van der Waals surface area (Å²) in [6, 6.07) is 6.87. The minimum absolute atomic E-state index is 0.118. The highest BCUT2D eigenvalue weighted by molar-refractivity contribution is 6.33. The van der Waals surface area contributed by atoms with Crippen LogP contribution in [0.15, 0.2) is 24.3 Å². The van der Waals surface area contributed by atoms with Crippen molar-refractivity contribution >= 4 is 35.1 Å². The number of nitrogens with one attached hydrogen (secondary N) is 3. The Morgan fingerprint density at radius 3 is 2.23 bits per heavy atom. The van der Waals surface area contributed by atoms with E-state index in [0.29, 0.717) is 42.8 Å². The summed E-state index contributed by atoms with van der Waals surface area (Å²) in [5, 5.41) is 8.72. The lowest BCUT2D eigenvalue weighted by Crippen LogP contribution is -2.53. The van der Waals surface area contributed by atoms with Crippen LogP contribution in [0.5, 0.6) is 0 Å². The van der Waals surface area contributed by atoms with Crippen molar-refractivity contribution in [2.24, 2.45) is 5.92 Å². The molecule has 31 heavy (non-hydrogen) atoms. The number of carbonyl (C=O) groups excluding carboxylic acids is 3. The number of benzene rings is 1. The Morgan fingerprint density at radius 1 is 0.968 bits per heavy atom. The average molecular weight is 450 g/mol. The van der Waals surface area contributed by atoms with Crippen LogP contribution in [0.25, 0.3) is 0 Å². The first kappa shape index (κ1) is 23.5. The maximum absolute atomic E-state index is 12.3. The quantitative estimate of drug-likeness (QED) is 0.619. The molecule has 1 heterocycles. The molecule has 1 saturated heterocycles. The van der Waals surface area contributed by atoms with Crippen molar-refractivity contribution in [1.29, 1.82) is 0 Å². The first-order chi connectivity index (χ1) is 14.9. The van der Waals surface area contributed by atoms with Crippen LogP contribution in [0.2, 0.25) is 5.02 Å². The van der Waals surface area contributed by atoms with Crippen LogP contribution in [0.1, 0.15) is 32.6 Å². The number of hydrogen-bond donors (Lipinski definition) is 3. The minimum atomic E-state index is -0.404. The molecule has 2 atom stereocenters. The van der Waals surface area contributed by atoms with Crippen LogP contribution in [-0.2, 0) is 9.59 Å². The van der Waals surface area contributed by atoms with Gasteiger partial charge in [0.2, 0.25) is 11.8 Å². The van der Waals surface area contributed by atoms with Gasteiger partial charge in [-0.1, -0.05) is 43.5 Å². The first-order valence-corrected chi connectivity index (χ1v) is 11.4. The van der Waals surface area contributed by atoms with Gasteiger partial charge in [-0.15, -0.1) is 0 Å². The lowest BCUT2D eigenvalue weighted by molar-refractivity contribution is -0.122. The summed E-state index contributed by atoms with van der Waals surface area (Å²) in [6.45, 7) is 5.26. The zero-order chi connectivity index (χ0) is 22.2. The normalized spacial score (nSPS) is 22.5. The molecular weight excluding hydrogens is 418 g/mol. The van der Waals surface area contributed by atoms with Gasteiger partial charge in [-0.25, -0.2) is 4.79 Å². The summed E-state index contributed by atoms with van der Waals surface area (Å²) >= 11 is 6.07. The summed E-state index contributed by atoms with van der Waals surface area (Å²) in [4.78, 5) is 40.7. The second kappa shape index (κ2) is 11.5. The van der Waals surface area contributed by atoms with Crippen LogP contribution >= 0.6 is 11.6 Å². The van der Waals surface area contributed by atoms with Crippen molar-refractivity contribution in [3.63, 3.8) is 0 Å². The first-order valence-electron chi connectivity index (χ1n) is 11.0. The van der Waals surface area contributed by atoms with Crippen molar-refractivity contribution in [3.05, 3.63) is 29.3 Å². The molecule has 8 nitrogen and oxygen atoms in total. The summed E-state index contributed by atoms with van der Waals surface area (Å²) in [5.41, 5.74) is 0.602. The second-order valence-corrected chi connectivity index (χ2v) is 8.88. The molecule has 170 valence electrons. The fourth-order valence-corrected chi connectivity index (χ4v) is 4.35. The summed E-state index contributed by atoms with van der Waals surface area (Å²) in [7, 11) is 0. The number of rotatable bonds is 6. The number of hydrogen-bond acceptors (Lipinski definition) is 5. The summed E-state index contributed by atoms with van der Waals surface area (Å²) < 4.78 is 0. The van der Waals surface area contributed by atoms with Crippen LogP contribution in [-0.4, -0.2) is 73.0 Å². The molecule has 1 aliphatic heterocycles. The summed E-state index contributed by atoms with van der Waals surface area (Å²) in [6.07, 6.45) is 4.39. The highest BCUT2D eigenvalue weighted by atomic mass is 35.5. The lowest BCUT2D eigenvalue weighted by atomic mass is 9.86. The van der Waals surface area contributed by atoms with E-state index in [0.717, 1.165) is 19.3 Å². The number of urea groups is 1. The van der Waals surface area contributed by atoms with Gasteiger partial charge in [0.1, 0.15) is 0 Å². The molecule has 2 fully saturated rings. The molecule has 0 aromatic heterocycles. The van der Waals surface area contributed by atoms with E-state index < -0.39 is 6.03 Å². The van der Waals surface area contributed by atoms with Crippen LogP contribution in [0, 0.1) is 5.92 Å². The number of carbonyl (C=O) groups is 3. The Labute approximate surface area is 188 Å². The smallest absolute Gasteiger partial charge is 0.321 e. The molecule has 3 rings (SSSR count). The molecule has 1 aliphatic carbocycles. The SMILES string of the molecule is C[C@@H]1CCCC[C@H]1NC(=O)NC(=O)CN1CCN(CC(=O)Nc2ccccc2Cl)CC1. The minimum Gasteiger partial charge on any atom is -0.335 e. The number of para-hydroxylation sites is 1. The number of nitrogens with zero attached hydrogens (tertiary/aromatic N) is 2. The van der Waals surface area contributed by atoms with E-state index in [-0.39, 0.29) is 30.9 Å². The number of imide groups is 1. The number of anilines is 1. The third-order valence-corrected chi connectivity index (χ3v) is 6.36. The van der Waals surface area contributed by atoms with Crippen LogP contribution < -0.4 is 16.0 Å². The molecule has 0 bridgehead atoms. The Kier molecular flexibility index (Phi) is 8.69. The largest absolute Gasteiger partial charge is 0.335 e. The van der Waals surface area contributed by atoms with E-state index in [9.17, 15) is 14.4 Å².